The van der Waals surface area contributed by atoms with Crippen molar-refractivity contribution in [3.05, 3.63) is 102 Å². The third-order valence-corrected chi connectivity index (χ3v) is 5.56. The van der Waals surface area contributed by atoms with Crippen molar-refractivity contribution in [2.45, 2.75) is 25.7 Å². The number of carbonyl (C=O) groups is 1. The molecule has 0 aliphatic heterocycles. The highest BCUT2D eigenvalue weighted by Crippen LogP contribution is 2.38. The first-order valence-corrected chi connectivity index (χ1v) is 10.1. The molecule has 150 valence electrons. The summed E-state index contributed by atoms with van der Waals surface area (Å²) in [6.07, 6.45) is 3.75. The van der Waals surface area contributed by atoms with Crippen LogP contribution in [0.1, 0.15) is 35.4 Å². The summed E-state index contributed by atoms with van der Waals surface area (Å²) >= 11 is 0. The maximum Gasteiger partial charge on any atom is 0.332 e. The topological polar surface area (TPSA) is 67.5 Å². The molecule has 0 radical (unpaired) electrons. The third kappa shape index (κ3) is 4.49. The standard InChI is InChI=1S/C26H25N3O/c1-18-7-5-6-10-25(18)23-15-22(16-24(17-23)28-29-26(27)30)21-13-11-20(12-14-21)19-8-3-2-4-9-19/h2-14,16,23H,15,17H2,1H3,(H3,27,29,30)/b28-24-. The Labute approximate surface area is 177 Å². The van der Waals surface area contributed by atoms with Gasteiger partial charge in [0.05, 0.1) is 5.71 Å². The van der Waals surface area contributed by atoms with Gasteiger partial charge in [0.2, 0.25) is 0 Å². The minimum atomic E-state index is -0.650. The minimum absolute atomic E-state index is 0.299. The number of urea groups is 1. The number of primary amides is 1. The van der Waals surface area contributed by atoms with Gasteiger partial charge in [-0.05, 0) is 65.1 Å². The van der Waals surface area contributed by atoms with Gasteiger partial charge in [0.25, 0.3) is 0 Å². The lowest BCUT2D eigenvalue weighted by Gasteiger charge is -2.26. The van der Waals surface area contributed by atoms with E-state index in [1.807, 2.05) is 18.2 Å². The van der Waals surface area contributed by atoms with Gasteiger partial charge < -0.3 is 5.73 Å². The average Bonchev–Trinajstić information content (AvgIpc) is 2.78. The molecular weight excluding hydrogens is 370 g/mol. The molecule has 0 aromatic heterocycles. The summed E-state index contributed by atoms with van der Waals surface area (Å²) in [5.74, 6) is 0.299. The minimum Gasteiger partial charge on any atom is -0.350 e. The van der Waals surface area contributed by atoms with Crippen molar-refractivity contribution < 1.29 is 4.79 Å². The summed E-state index contributed by atoms with van der Waals surface area (Å²) in [4.78, 5) is 11.2. The highest BCUT2D eigenvalue weighted by molar-refractivity contribution is 6.03. The van der Waals surface area contributed by atoms with Crippen LogP contribution in [0.3, 0.4) is 0 Å². The van der Waals surface area contributed by atoms with Gasteiger partial charge >= 0.3 is 6.03 Å². The number of benzene rings is 3. The Morgan fingerprint density at radius 3 is 2.20 bits per heavy atom. The van der Waals surface area contributed by atoms with Crippen LogP contribution in [-0.2, 0) is 0 Å². The van der Waals surface area contributed by atoms with E-state index in [2.05, 4.69) is 84.2 Å². The normalized spacial score (nSPS) is 17.4. The van der Waals surface area contributed by atoms with Crippen LogP contribution in [0.2, 0.25) is 0 Å². The van der Waals surface area contributed by atoms with Crippen LogP contribution in [-0.4, -0.2) is 11.7 Å². The monoisotopic (exact) mass is 395 g/mol. The van der Waals surface area contributed by atoms with Crippen molar-refractivity contribution in [1.29, 1.82) is 0 Å². The molecule has 0 saturated heterocycles. The Kier molecular flexibility index (Phi) is 5.75. The van der Waals surface area contributed by atoms with Gasteiger partial charge in [0.1, 0.15) is 0 Å². The van der Waals surface area contributed by atoms with Gasteiger partial charge in [-0.25, -0.2) is 10.2 Å². The third-order valence-electron chi connectivity index (χ3n) is 5.56. The summed E-state index contributed by atoms with van der Waals surface area (Å²) in [6.45, 7) is 2.14. The molecule has 0 fully saturated rings. The molecule has 0 heterocycles. The van der Waals surface area contributed by atoms with E-state index in [1.54, 1.807) is 0 Å². The number of hydrogen-bond donors (Lipinski definition) is 2. The Hall–Kier alpha value is -3.66. The molecule has 1 aliphatic carbocycles. The lowest BCUT2D eigenvalue weighted by Crippen LogP contribution is -2.26. The Morgan fingerprint density at radius 1 is 0.867 bits per heavy atom. The molecule has 30 heavy (non-hydrogen) atoms. The smallest absolute Gasteiger partial charge is 0.332 e. The summed E-state index contributed by atoms with van der Waals surface area (Å²) in [7, 11) is 0. The Bertz CT molecular complexity index is 1100. The molecule has 4 heteroatoms. The molecule has 1 aliphatic rings. The second-order valence-corrected chi connectivity index (χ2v) is 7.65. The molecule has 3 aromatic carbocycles. The van der Waals surface area contributed by atoms with Gasteiger partial charge in [0, 0.05) is 0 Å². The molecule has 4 rings (SSSR count). The van der Waals surface area contributed by atoms with Crippen molar-refractivity contribution in [3.8, 4) is 11.1 Å². The quantitative estimate of drug-likeness (QED) is 0.551. The van der Waals surface area contributed by atoms with Crippen LogP contribution in [0.25, 0.3) is 16.7 Å². The van der Waals surface area contributed by atoms with E-state index in [4.69, 9.17) is 5.73 Å². The van der Waals surface area contributed by atoms with Gasteiger partial charge in [-0.3, -0.25) is 0 Å². The van der Waals surface area contributed by atoms with Crippen molar-refractivity contribution in [2.75, 3.05) is 0 Å². The first kappa shape index (κ1) is 19.6. The average molecular weight is 396 g/mol. The largest absolute Gasteiger partial charge is 0.350 e. The van der Waals surface area contributed by atoms with Crippen molar-refractivity contribution in [1.82, 2.24) is 5.43 Å². The number of aryl methyl sites for hydroxylation is 1. The summed E-state index contributed by atoms with van der Waals surface area (Å²) in [5.41, 5.74) is 15.8. The molecule has 3 N–H and O–H groups in total. The molecule has 4 nitrogen and oxygen atoms in total. The van der Waals surface area contributed by atoms with Crippen LogP contribution in [0.5, 0.6) is 0 Å². The fraction of sp³-hybridized carbons (Fsp3) is 0.154. The first-order chi connectivity index (χ1) is 14.6. The van der Waals surface area contributed by atoms with Crippen LogP contribution in [0.15, 0.2) is 90.0 Å². The van der Waals surface area contributed by atoms with Crippen molar-refractivity contribution in [3.63, 3.8) is 0 Å². The lowest BCUT2D eigenvalue weighted by atomic mass is 9.79. The number of nitrogens with zero attached hydrogens (tertiary/aromatic N) is 1. The van der Waals surface area contributed by atoms with E-state index in [9.17, 15) is 4.79 Å². The molecule has 0 bridgehead atoms. The van der Waals surface area contributed by atoms with Gasteiger partial charge in [0.15, 0.2) is 0 Å². The molecule has 2 amide bonds. The Morgan fingerprint density at radius 2 is 1.50 bits per heavy atom. The number of carbonyl (C=O) groups excluding carboxylic acids is 1. The fourth-order valence-corrected chi connectivity index (χ4v) is 4.09. The second kappa shape index (κ2) is 8.78. The molecular formula is C26H25N3O. The highest BCUT2D eigenvalue weighted by atomic mass is 16.2. The molecule has 0 saturated carbocycles. The van der Waals surface area contributed by atoms with Crippen LogP contribution in [0.4, 0.5) is 4.79 Å². The van der Waals surface area contributed by atoms with Crippen molar-refractivity contribution in [2.24, 2.45) is 10.8 Å². The van der Waals surface area contributed by atoms with E-state index in [1.165, 1.54) is 33.4 Å². The fourth-order valence-electron chi connectivity index (χ4n) is 4.09. The number of hydrazone groups is 1. The van der Waals surface area contributed by atoms with E-state index in [-0.39, 0.29) is 0 Å². The molecule has 3 aromatic rings. The number of nitrogens with one attached hydrogen (secondary N) is 1. The highest BCUT2D eigenvalue weighted by Gasteiger charge is 2.23. The maximum atomic E-state index is 11.2. The van der Waals surface area contributed by atoms with Gasteiger partial charge in [-0.15, -0.1) is 0 Å². The lowest BCUT2D eigenvalue weighted by molar-refractivity contribution is 0.249. The predicted molar refractivity (Wildman–Crippen MR) is 123 cm³/mol. The number of nitrogens with two attached hydrogens (primary N) is 1. The van der Waals surface area contributed by atoms with E-state index in [0.29, 0.717) is 5.92 Å². The number of hydrogen-bond acceptors (Lipinski definition) is 2. The number of allylic oxidation sites excluding steroid dienone is 2. The van der Waals surface area contributed by atoms with E-state index in [0.717, 1.165) is 18.6 Å². The van der Waals surface area contributed by atoms with Gasteiger partial charge in [-0.2, -0.15) is 5.10 Å². The van der Waals surface area contributed by atoms with E-state index >= 15 is 0 Å². The van der Waals surface area contributed by atoms with Crippen LogP contribution < -0.4 is 11.2 Å². The first-order valence-electron chi connectivity index (χ1n) is 10.1. The maximum absolute atomic E-state index is 11.2. The zero-order valence-electron chi connectivity index (χ0n) is 17.0. The summed E-state index contributed by atoms with van der Waals surface area (Å²) in [6, 6.07) is 26.8. The summed E-state index contributed by atoms with van der Waals surface area (Å²) < 4.78 is 0. The molecule has 0 spiro atoms. The SMILES string of the molecule is Cc1ccccc1C1CC(c2ccc(-c3ccccc3)cc2)=C/C(=N/NC(N)=O)C1. The number of amides is 2. The number of rotatable bonds is 4. The second-order valence-electron chi connectivity index (χ2n) is 7.65. The Balaban J connectivity index is 1.66. The molecule has 1 atom stereocenters. The molecule has 1 unspecified atom stereocenters. The summed E-state index contributed by atoms with van der Waals surface area (Å²) in [5, 5.41) is 4.24. The van der Waals surface area contributed by atoms with Crippen LogP contribution in [0, 0.1) is 6.92 Å². The van der Waals surface area contributed by atoms with Crippen LogP contribution >= 0.6 is 0 Å². The zero-order valence-corrected chi connectivity index (χ0v) is 17.0. The van der Waals surface area contributed by atoms with Crippen molar-refractivity contribution >= 4 is 17.3 Å². The zero-order chi connectivity index (χ0) is 20.9. The predicted octanol–water partition coefficient (Wildman–Crippen LogP) is 5.65. The van der Waals surface area contributed by atoms with E-state index < -0.39 is 6.03 Å². The van der Waals surface area contributed by atoms with Gasteiger partial charge in [-0.1, -0.05) is 78.9 Å².